The molecule has 0 aliphatic carbocycles. The summed E-state index contributed by atoms with van der Waals surface area (Å²) in [5.74, 6) is -0.0304. The van der Waals surface area contributed by atoms with Gasteiger partial charge in [-0.2, -0.15) is 5.10 Å². The number of piperazine rings is 1. The number of anilines is 1. The third kappa shape index (κ3) is 3.76. The van der Waals surface area contributed by atoms with Crippen LogP contribution < -0.4 is 4.90 Å². The van der Waals surface area contributed by atoms with Crippen molar-refractivity contribution in [3.8, 4) is 5.69 Å². The number of aromatic nitrogens is 2. The predicted octanol–water partition coefficient (Wildman–Crippen LogP) is 3.36. The summed E-state index contributed by atoms with van der Waals surface area (Å²) in [6, 6.07) is 16.2. The van der Waals surface area contributed by atoms with E-state index in [0.717, 1.165) is 17.1 Å². The molecule has 8 nitrogen and oxygen atoms in total. The second-order valence-corrected chi connectivity index (χ2v) is 7.41. The number of aryl methyl sites for hydroxylation is 2. The van der Waals surface area contributed by atoms with Crippen molar-refractivity contribution in [2.24, 2.45) is 0 Å². The fraction of sp³-hybridized carbons (Fsp3) is 0.273. The van der Waals surface area contributed by atoms with Crippen molar-refractivity contribution in [1.29, 1.82) is 0 Å². The van der Waals surface area contributed by atoms with Gasteiger partial charge in [0.25, 0.3) is 11.6 Å². The summed E-state index contributed by atoms with van der Waals surface area (Å²) >= 11 is 0. The Kier molecular flexibility index (Phi) is 5.22. The molecule has 2 aromatic carbocycles. The first-order chi connectivity index (χ1) is 14.4. The van der Waals surface area contributed by atoms with Gasteiger partial charge in [-0.3, -0.25) is 14.9 Å². The maximum Gasteiger partial charge on any atom is 0.292 e. The van der Waals surface area contributed by atoms with Gasteiger partial charge in [0.15, 0.2) is 0 Å². The number of amides is 1. The predicted molar refractivity (Wildman–Crippen MR) is 114 cm³/mol. The third-order valence-corrected chi connectivity index (χ3v) is 5.35. The zero-order chi connectivity index (χ0) is 21.3. The summed E-state index contributed by atoms with van der Waals surface area (Å²) in [6.45, 7) is 6.09. The van der Waals surface area contributed by atoms with Gasteiger partial charge in [0, 0.05) is 43.5 Å². The Morgan fingerprint density at radius 2 is 1.67 bits per heavy atom. The van der Waals surface area contributed by atoms with Gasteiger partial charge in [-0.05, 0) is 50.2 Å². The van der Waals surface area contributed by atoms with Crippen LogP contribution in [-0.4, -0.2) is 51.7 Å². The monoisotopic (exact) mass is 405 g/mol. The number of rotatable bonds is 4. The number of carbonyl (C=O) groups is 1. The van der Waals surface area contributed by atoms with Crippen molar-refractivity contribution in [3.63, 3.8) is 0 Å². The molecule has 1 fully saturated rings. The molecule has 3 aromatic rings. The van der Waals surface area contributed by atoms with Gasteiger partial charge < -0.3 is 9.80 Å². The first kappa shape index (κ1) is 19.6. The van der Waals surface area contributed by atoms with E-state index >= 15 is 0 Å². The van der Waals surface area contributed by atoms with Gasteiger partial charge in [0.05, 0.1) is 16.3 Å². The molecule has 8 heteroatoms. The smallest absolute Gasteiger partial charge is 0.292 e. The highest BCUT2D eigenvalue weighted by molar-refractivity contribution is 5.94. The van der Waals surface area contributed by atoms with Crippen LogP contribution in [0.25, 0.3) is 5.69 Å². The number of benzene rings is 2. The highest BCUT2D eigenvalue weighted by Gasteiger charge is 2.26. The number of nitro groups is 1. The first-order valence-corrected chi connectivity index (χ1v) is 9.85. The van der Waals surface area contributed by atoms with Gasteiger partial charge in [-0.25, -0.2) is 4.68 Å². The van der Waals surface area contributed by atoms with E-state index in [1.54, 1.807) is 23.1 Å². The van der Waals surface area contributed by atoms with E-state index < -0.39 is 0 Å². The summed E-state index contributed by atoms with van der Waals surface area (Å²) in [6.07, 6.45) is 0. The molecule has 4 rings (SSSR count). The summed E-state index contributed by atoms with van der Waals surface area (Å²) in [5, 5.41) is 15.8. The quantitative estimate of drug-likeness (QED) is 0.491. The van der Waals surface area contributed by atoms with E-state index in [-0.39, 0.29) is 16.5 Å². The van der Waals surface area contributed by atoms with Gasteiger partial charge in [-0.15, -0.1) is 0 Å². The number of nitro benzene ring substituents is 1. The van der Waals surface area contributed by atoms with Crippen LogP contribution >= 0.6 is 0 Å². The van der Waals surface area contributed by atoms with Crippen molar-refractivity contribution in [1.82, 2.24) is 14.7 Å². The Hall–Kier alpha value is -3.68. The molecule has 0 atom stereocenters. The summed E-state index contributed by atoms with van der Waals surface area (Å²) in [5.41, 5.74) is 4.22. The molecule has 2 heterocycles. The number of hydrogen-bond donors (Lipinski definition) is 0. The molecule has 1 amide bonds. The van der Waals surface area contributed by atoms with Crippen molar-refractivity contribution in [2.45, 2.75) is 13.8 Å². The molecule has 0 N–H and O–H groups in total. The van der Waals surface area contributed by atoms with Gasteiger partial charge >= 0.3 is 0 Å². The van der Waals surface area contributed by atoms with Crippen LogP contribution in [0.1, 0.15) is 21.7 Å². The maximum absolute atomic E-state index is 12.9. The first-order valence-electron chi connectivity index (χ1n) is 9.85. The topological polar surface area (TPSA) is 84.5 Å². The van der Waals surface area contributed by atoms with E-state index in [2.05, 4.69) is 5.10 Å². The lowest BCUT2D eigenvalue weighted by Crippen LogP contribution is -2.48. The maximum atomic E-state index is 12.9. The van der Waals surface area contributed by atoms with Crippen LogP contribution in [0.5, 0.6) is 0 Å². The molecule has 1 aliphatic heterocycles. The molecule has 1 saturated heterocycles. The van der Waals surface area contributed by atoms with Crippen molar-refractivity contribution in [2.75, 3.05) is 31.1 Å². The molecule has 0 unspecified atom stereocenters. The molecule has 0 bridgehead atoms. The third-order valence-electron chi connectivity index (χ3n) is 5.35. The lowest BCUT2D eigenvalue weighted by molar-refractivity contribution is -0.384. The highest BCUT2D eigenvalue weighted by Crippen LogP contribution is 2.28. The molecule has 0 radical (unpaired) electrons. The fourth-order valence-corrected chi connectivity index (χ4v) is 3.85. The number of nitrogens with zero attached hydrogens (tertiary/aromatic N) is 5. The van der Waals surface area contributed by atoms with Crippen LogP contribution in [0.2, 0.25) is 0 Å². The minimum absolute atomic E-state index is 0.0304. The van der Waals surface area contributed by atoms with Gasteiger partial charge in [-0.1, -0.05) is 12.1 Å². The molecule has 1 aromatic heterocycles. The zero-order valence-corrected chi connectivity index (χ0v) is 17.0. The number of para-hydroxylation sites is 2. The molecule has 1 aliphatic rings. The fourth-order valence-electron chi connectivity index (χ4n) is 3.85. The largest absolute Gasteiger partial charge is 0.362 e. The second kappa shape index (κ2) is 7.98. The van der Waals surface area contributed by atoms with E-state index in [4.69, 9.17) is 0 Å². The van der Waals surface area contributed by atoms with Crippen LogP contribution in [-0.2, 0) is 0 Å². The van der Waals surface area contributed by atoms with E-state index in [0.29, 0.717) is 37.4 Å². The Morgan fingerprint density at radius 1 is 1.00 bits per heavy atom. The standard InChI is InChI=1S/C22H23N5O3/c1-16-15-17(2)26(23-16)19-9-7-18(8-10-19)22(28)25-13-11-24(12-14-25)20-5-3-4-6-21(20)27(29)30/h3-10,15H,11-14H2,1-2H3. The molecule has 0 saturated carbocycles. The van der Waals surface area contributed by atoms with Gasteiger partial charge in [0.2, 0.25) is 0 Å². The molecule has 0 spiro atoms. The number of hydrogen-bond acceptors (Lipinski definition) is 5. The average Bonchev–Trinajstić information content (AvgIpc) is 3.11. The minimum Gasteiger partial charge on any atom is -0.362 e. The Bertz CT molecular complexity index is 1080. The van der Waals surface area contributed by atoms with Crippen LogP contribution in [0.15, 0.2) is 54.6 Å². The molecule has 154 valence electrons. The summed E-state index contributed by atoms with van der Waals surface area (Å²) in [7, 11) is 0. The van der Waals surface area contributed by atoms with Crippen molar-refractivity contribution < 1.29 is 9.72 Å². The lowest BCUT2D eigenvalue weighted by atomic mass is 10.1. The average molecular weight is 405 g/mol. The minimum atomic E-state index is -0.364. The molecular weight excluding hydrogens is 382 g/mol. The van der Waals surface area contributed by atoms with Crippen LogP contribution in [0, 0.1) is 24.0 Å². The van der Waals surface area contributed by atoms with Crippen molar-refractivity contribution >= 4 is 17.3 Å². The summed E-state index contributed by atoms with van der Waals surface area (Å²) < 4.78 is 1.86. The van der Waals surface area contributed by atoms with Crippen molar-refractivity contribution in [3.05, 3.63) is 81.7 Å². The SMILES string of the molecule is Cc1cc(C)n(-c2ccc(C(=O)N3CCN(c4ccccc4[N+](=O)[O-])CC3)cc2)n1. The van der Waals surface area contributed by atoms with E-state index in [1.807, 2.05) is 53.8 Å². The van der Waals surface area contributed by atoms with E-state index in [1.165, 1.54) is 6.07 Å². The zero-order valence-electron chi connectivity index (χ0n) is 17.0. The molecule has 30 heavy (non-hydrogen) atoms. The Morgan fingerprint density at radius 3 is 2.27 bits per heavy atom. The number of carbonyl (C=O) groups excluding carboxylic acids is 1. The Balaban J connectivity index is 1.43. The van der Waals surface area contributed by atoms with E-state index in [9.17, 15) is 14.9 Å². The summed E-state index contributed by atoms with van der Waals surface area (Å²) in [4.78, 5) is 27.6. The lowest BCUT2D eigenvalue weighted by Gasteiger charge is -2.35. The Labute approximate surface area is 174 Å². The van der Waals surface area contributed by atoms with Crippen LogP contribution in [0.3, 0.4) is 0 Å². The normalized spacial score (nSPS) is 14.1. The molecular formula is C22H23N5O3. The van der Waals surface area contributed by atoms with Gasteiger partial charge in [0.1, 0.15) is 5.69 Å². The van der Waals surface area contributed by atoms with Crippen LogP contribution in [0.4, 0.5) is 11.4 Å². The second-order valence-electron chi connectivity index (χ2n) is 7.41. The highest BCUT2D eigenvalue weighted by atomic mass is 16.6.